The van der Waals surface area contributed by atoms with Gasteiger partial charge in [-0.1, -0.05) is 17.7 Å². The van der Waals surface area contributed by atoms with E-state index >= 15 is 0 Å². The number of pyridine rings is 1. The number of aromatic nitrogens is 1. The maximum Gasteiger partial charge on any atom is 0.0595 e. The van der Waals surface area contributed by atoms with Gasteiger partial charge in [0.05, 0.1) is 5.02 Å². The van der Waals surface area contributed by atoms with Gasteiger partial charge < -0.3 is 5.32 Å². The summed E-state index contributed by atoms with van der Waals surface area (Å²) in [6, 6.07) is 2.01. The first kappa shape index (κ1) is 9.37. The number of allylic oxidation sites excluding steroid dienone is 1. The normalized spacial score (nSPS) is 29.0. The Labute approximate surface area is 94.4 Å². The zero-order valence-electron chi connectivity index (χ0n) is 8.41. The molecule has 3 rings (SSSR count). The van der Waals surface area contributed by atoms with E-state index in [2.05, 4.69) is 16.4 Å². The predicted molar refractivity (Wildman–Crippen MR) is 61.7 cm³/mol. The molecule has 1 saturated heterocycles. The summed E-state index contributed by atoms with van der Waals surface area (Å²) >= 11 is 5.94. The fourth-order valence-electron chi connectivity index (χ4n) is 2.58. The van der Waals surface area contributed by atoms with Gasteiger partial charge in [-0.15, -0.1) is 0 Å². The smallest absolute Gasteiger partial charge is 0.0595 e. The lowest BCUT2D eigenvalue weighted by molar-refractivity contribution is 0.536. The Kier molecular flexibility index (Phi) is 2.26. The lowest BCUT2D eigenvalue weighted by Gasteiger charge is -2.06. The van der Waals surface area contributed by atoms with Crippen molar-refractivity contribution >= 4 is 17.2 Å². The van der Waals surface area contributed by atoms with Crippen LogP contribution in [0.25, 0.3) is 5.57 Å². The average Bonchev–Trinajstić information content (AvgIpc) is 2.76. The van der Waals surface area contributed by atoms with Crippen molar-refractivity contribution in [2.45, 2.75) is 6.42 Å². The highest BCUT2D eigenvalue weighted by Gasteiger charge is 2.31. The summed E-state index contributed by atoms with van der Waals surface area (Å²) in [7, 11) is 0. The molecule has 0 unspecified atom stereocenters. The van der Waals surface area contributed by atoms with Gasteiger partial charge in [0, 0.05) is 18.9 Å². The summed E-state index contributed by atoms with van der Waals surface area (Å²) in [6.07, 6.45) is 7.15. The van der Waals surface area contributed by atoms with Crippen molar-refractivity contribution in [2.75, 3.05) is 13.1 Å². The molecule has 0 aromatic carbocycles. The molecular weight excluding hydrogens is 208 g/mol. The minimum absolute atomic E-state index is 0.721. The molecule has 0 radical (unpaired) electrons. The van der Waals surface area contributed by atoms with Crippen LogP contribution in [0.1, 0.15) is 12.0 Å². The van der Waals surface area contributed by atoms with Gasteiger partial charge in [-0.25, -0.2) is 0 Å². The minimum Gasteiger partial charge on any atom is -0.316 e. The molecule has 1 aromatic heterocycles. The van der Waals surface area contributed by atoms with Gasteiger partial charge in [0.15, 0.2) is 0 Å². The van der Waals surface area contributed by atoms with E-state index in [4.69, 9.17) is 11.6 Å². The number of nitrogens with zero attached hydrogens (tertiary/aromatic N) is 1. The van der Waals surface area contributed by atoms with Crippen LogP contribution in [0.2, 0.25) is 5.02 Å². The maximum absolute atomic E-state index is 5.94. The third kappa shape index (κ3) is 1.68. The number of rotatable bonds is 1. The second kappa shape index (κ2) is 3.62. The van der Waals surface area contributed by atoms with Crippen LogP contribution in [0, 0.1) is 11.8 Å². The number of fused-ring (bicyclic) bond motifs is 1. The second-order valence-electron chi connectivity index (χ2n) is 4.37. The van der Waals surface area contributed by atoms with E-state index in [1.165, 1.54) is 17.6 Å². The van der Waals surface area contributed by atoms with Crippen LogP contribution in [0.5, 0.6) is 0 Å². The first-order valence-corrected chi connectivity index (χ1v) is 5.73. The van der Waals surface area contributed by atoms with Gasteiger partial charge in [0.2, 0.25) is 0 Å². The van der Waals surface area contributed by atoms with Crippen molar-refractivity contribution in [3.8, 4) is 0 Å². The fraction of sp³-hybridized carbons (Fsp3) is 0.417. The molecule has 1 aliphatic heterocycles. The van der Waals surface area contributed by atoms with Gasteiger partial charge >= 0.3 is 0 Å². The number of hydrogen-bond donors (Lipinski definition) is 1. The summed E-state index contributed by atoms with van der Waals surface area (Å²) in [6.45, 7) is 2.28. The van der Waals surface area contributed by atoms with E-state index < -0.39 is 0 Å². The molecule has 2 atom stereocenters. The van der Waals surface area contributed by atoms with E-state index in [1.807, 2.05) is 12.3 Å². The molecule has 2 heterocycles. The topological polar surface area (TPSA) is 24.9 Å². The molecule has 1 N–H and O–H groups in total. The largest absolute Gasteiger partial charge is 0.316 e. The fourth-order valence-corrected chi connectivity index (χ4v) is 2.76. The Morgan fingerprint density at radius 3 is 3.07 bits per heavy atom. The van der Waals surface area contributed by atoms with Crippen LogP contribution < -0.4 is 5.32 Å². The number of hydrogen-bond acceptors (Lipinski definition) is 2. The van der Waals surface area contributed by atoms with Crippen molar-refractivity contribution < 1.29 is 0 Å². The van der Waals surface area contributed by atoms with Gasteiger partial charge in [0.25, 0.3) is 0 Å². The predicted octanol–water partition coefficient (Wildman–Crippen LogP) is 2.36. The molecule has 78 valence electrons. The van der Waals surface area contributed by atoms with Gasteiger partial charge in [-0.2, -0.15) is 0 Å². The molecule has 0 amide bonds. The Hall–Kier alpha value is -0.860. The van der Waals surface area contributed by atoms with Gasteiger partial charge in [-0.05, 0) is 42.0 Å². The lowest BCUT2D eigenvalue weighted by atomic mass is 9.99. The monoisotopic (exact) mass is 220 g/mol. The van der Waals surface area contributed by atoms with Crippen LogP contribution in [0.15, 0.2) is 24.5 Å². The highest BCUT2D eigenvalue weighted by atomic mass is 35.5. The van der Waals surface area contributed by atoms with Gasteiger partial charge in [0.1, 0.15) is 0 Å². The summed E-state index contributed by atoms with van der Waals surface area (Å²) in [4.78, 5) is 4.13. The molecule has 1 aromatic rings. The van der Waals surface area contributed by atoms with Crippen LogP contribution in [-0.4, -0.2) is 18.1 Å². The van der Waals surface area contributed by atoms with E-state index in [1.54, 1.807) is 6.20 Å². The van der Waals surface area contributed by atoms with E-state index in [9.17, 15) is 0 Å². The molecule has 1 fully saturated rings. The van der Waals surface area contributed by atoms with Crippen molar-refractivity contribution in [3.63, 3.8) is 0 Å². The van der Waals surface area contributed by atoms with Crippen molar-refractivity contribution in [2.24, 2.45) is 11.8 Å². The zero-order chi connectivity index (χ0) is 10.3. The maximum atomic E-state index is 5.94. The molecule has 0 saturated carbocycles. The molecule has 3 heteroatoms. The third-order valence-electron chi connectivity index (χ3n) is 3.37. The highest BCUT2D eigenvalue weighted by molar-refractivity contribution is 6.30. The highest BCUT2D eigenvalue weighted by Crippen LogP contribution is 2.38. The van der Waals surface area contributed by atoms with Crippen LogP contribution in [-0.2, 0) is 0 Å². The number of nitrogens with one attached hydrogen (secondary N) is 1. The molecule has 2 aliphatic rings. The summed E-state index contributed by atoms with van der Waals surface area (Å²) < 4.78 is 0. The first-order valence-electron chi connectivity index (χ1n) is 5.35. The molecule has 1 aliphatic carbocycles. The van der Waals surface area contributed by atoms with Crippen LogP contribution >= 0.6 is 11.6 Å². The Balaban J connectivity index is 1.90. The van der Waals surface area contributed by atoms with Crippen molar-refractivity contribution in [1.82, 2.24) is 10.3 Å². The van der Waals surface area contributed by atoms with E-state index in [0.29, 0.717) is 0 Å². The van der Waals surface area contributed by atoms with Crippen molar-refractivity contribution in [1.29, 1.82) is 0 Å². The SMILES string of the molecule is Clc1cncc(C2=C[C@H]3CNC[C@H]3C2)c1. The lowest BCUT2D eigenvalue weighted by Crippen LogP contribution is -2.09. The van der Waals surface area contributed by atoms with Crippen LogP contribution in [0.3, 0.4) is 0 Å². The van der Waals surface area contributed by atoms with Crippen molar-refractivity contribution in [3.05, 3.63) is 35.1 Å². The summed E-state index contributed by atoms with van der Waals surface area (Å²) in [5.41, 5.74) is 2.61. The average molecular weight is 221 g/mol. The minimum atomic E-state index is 0.721. The third-order valence-corrected chi connectivity index (χ3v) is 3.57. The zero-order valence-corrected chi connectivity index (χ0v) is 9.17. The first-order chi connectivity index (χ1) is 7.33. The Bertz CT molecular complexity index is 414. The molecule has 0 spiro atoms. The number of halogens is 1. The standard InChI is InChI=1S/C12H13ClN2/c13-12-3-11(6-15-7-12)8-1-9-4-14-5-10(9)2-8/h1,3,6-7,9-10,14H,2,4-5H2/t9-,10+/m0/s1. The summed E-state index contributed by atoms with van der Waals surface area (Å²) in [5.74, 6) is 1.51. The van der Waals surface area contributed by atoms with E-state index in [0.717, 1.165) is 29.9 Å². The van der Waals surface area contributed by atoms with Gasteiger partial charge in [-0.3, -0.25) is 4.98 Å². The molecule has 15 heavy (non-hydrogen) atoms. The quantitative estimate of drug-likeness (QED) is 0.786. The molecule has 2 nitrogen and oxygen atoms in total. The molecule has 0 bridgehead atoms. The molecular formula is C12H13ClN2. The second-order valence-corrected chi connectivity index (χ2v) is 4.81. The summed E-state index contributed by atoms with van der Waals surface area (Å²) in [5, 5.41) is 4.15. The Morgan fingerprint density at radius 1 is 1.33 bits per heavy atom. The van der Waals surface area contributed by atoms with E-state index in [-0.39, 0.29) is 0 Å². The van der Waals surface area contributed by atoms with Crippen LogP contribution in [0.4, 0.5) is 0 Å². The Morgan fingerprint density at radius 2 is 2.27 bits per heavy atom.